The van der Waals surface area contributed by atoms with Gasteiger partial charge in [0.2, 0.25) is 5.91 Å². The van der Waals surface area contributed by atoms with Crippen LogP contribution in [0.3, 0.4) is 0 Å². The minimum atomic E-state index is -1.02. The molecule has 0 heterocycles. The van der Waals surface area contributed by atoms with Gasteiger partial charge >= 0.3 is 11.9 Å². The number of nitrogens with one attached hydrogen (secondary N) is 1. The molecule has 1 amide bonds. The monoisotopic (exact) mass is 672 g/mol. The van der Waals surface area contributed by atoms with Gasteiger partial charge in [0.1, 0.15) is 12.6 Å². The topological polar surface area (TPSA) is 92.7 Å². The van der Waals surface area contributed by atoms with Crippen LogP contribution in [0, 0.1) is 0 Å². The van der Waals surface area contributed by atoms with E-state index in [-0.39, 0.29) is 24.5 Å². The molecule has 0 saturated carbocycles. The number of amides is 1. The van der Waals surface area contributed by atoms with Gasteiger partial charge in [-0.05, 0) is 89.9 Å². The van der Waals surface area contributed by atoms with Crippen molar-refractivity contribution in [1.29, 1.82) is 0 Å². The molecule has 1 atom stereocenters. The molecule has 1 unspecified atom stereocenters. The van der Waals surface area contributed by atoms with Crippen molar-refractivity contribution in [1.82, 2.24) is 5.32 Å². The standard InChI is InChI=1S/C42H73NO5/c1-3-5-7-9-11-13-15-16-17-18-20-22-24-29-33-37-42(47)48-39(34-30-26-23-21-19-14-12-10-8-6-4-2)35-31-27-25-28-32-36-40(44)43-38-41(45)46/h5,7,11,13,16-17,21,23,39H,3-4,6,8-10,12,14-15,18-20,22,24-38H2,1-2H3,(H,43,44)(H,45,46)/b7-5-,13-11-,17-16-,23-21-. The average molecular weight is 672 g/mol. The van der Waals surface area contributed by atoms with Crippen LogP contribution < -0.4 is 5.32 Å². The van der Waals surface area contributed by atoms with Crippen LogP contribution in [-0.2, 0) is 19.1 Å². The van der Waals surface area contributed by atoms with Crippen molar-refractivity contribution in [2.75, 3.05) is 6.54 Å². The summed E-state index contributed by atoms with van der Waals surface area (Å²) in [5, 5.41) is 11.1. The van der Waals surface area contributed by atoms with Gasteiger partial charge in [-0.25, -0.2) is 0 Å². The van der Waals surface area contributed by atoms with E-state index in [4.69, 9.17) is 9.84 Å². The predicted octanol–water partition coefficient (Wildman–Crippen LogP) is 11.9. The summed E-state index contributed by atoms with van der Waals surface area (Å²) in [7, 11) is 0. The Bertz CT molecular complexity index is 875. The van der Waals surface area contributed by atoms with Crippen LogP contribution in [0.25, 0.3) is 0 Å². The number of rotatable bonds is 35. The number of aliphatic carboxylic acids is 1. The van der Waals surface area contributed by atoms with Crippen LogP contribution in [0.2, 0.25) is 0 Å². The molecule has 0 aliphatic heterocycles. The zero-order chi connectivity index (χ0) is 35.2. The Morgan fingerprint density at radius 2 is 1.04 bits per heavy atom. The van der Waals surface area contributed by atoms with Crippen LogP contribution in [0.5, 0.6) is 0 Å². The van der Waals surface area contributed by atoms with Gasteiger partial charge in [-0.1, -0.05) is 133 Å². The first-order valence-electron chi connectivity index (χ1n) is 19.8. The molecule has 0 aromatic carbocycles. The van der Waals surface area contributed by atoms with E-state index in [1.54, 1.807) is 0 Å². The molecule has 0 fully saturated rings. The van der Waals surface area contributed by atoms with E-state index in [2.05, 4.69) is 67.8 Å². The van der Waals surface area contributed by atoms with E-state index in [9.17, 15) is 14.4 Å². The first kappa shape index (κ1) is 45.4. The number of esters is 1. The van der Waals surface area contributed by atoms with E-state index < -0.39 is 5.97 Å². The number of carbonyl (C=O) groups is 3. The molecule has 2 N–H and O–H groups in total. The Kier molecular flexibility index (Phi) is 35.2. The number of allylic oxidation sites excluding steroid dienone is 8. The van der Waals surface area contributed by atoms with Gasteiger partial charge in [0.15, 0.2) is 0 Å². The summed E-state index contributed by atoms with van der Waals surface area (Å²) in [5.41, 5.74) is 0. The molecule has 0 rings (SSSR count). The first-order valence-corrected chi connectivity index (χ1v) is 19.8. The smallest absolute Gasteiger partial charge is 0.322 e. The highest BCUT2D eigenvalue weighted by Crippen LogP contribution is 2.18. The molecule has 0 aliphatic carbocycles. The van der Waals surface area contributed by atoms with Crippen LogP contribution in [0.4, 0.5) is 0 Å². The van der Waals surface area contributed by atoms with E-state index in [0.29, 0.717) is 12.8 Å². The number of carboxylic acids is 1. The lowest BCUT2D eigenvalue weighted by Gasteiger charge is -2.18. The minimum absolute atomic E-state index is 0.0132. The van der Waals surface area contributed by atoms with Crippen molar-refractivity contribution in [3.05, 3.63) is 48.6 Å². The fourth-order valence-electron chi connectivity index (χ4n) is 5.59. The summed E-state index contributed by atoms with van der Waals surface area (Å²) < 4.78 is 5.98. The molecular formula is C42H73NO5. The highest BCUT2D eigenvalue weighted by atomic mass is 16.5. The first-order chi connectivity index (χ1) is 23.5. The third-order valence-corrected chi connectivity index (χ3v) is 8.48. The van der Waals surface area contributed by atoms with Crippen molar-refractivity contribution < 1.29 is 24.2 Å². The van der Waals surface area contributed by atoms with Crippen LogP contribution >= 0.6 is 0 Å². The Morgan fingerprint density at radius 1 is 0.562 bits per heavy atom. The second-order valence-electron chi connectivity index (χ2n) is 13.1. The van der Waals surface area contributed by atoms with Gasteiger partial charge in [-0.15, -0.1) is 0 Å². The van der Waals surface area contributed by atoms with Gasteiger partial charge in [0.25, 0.3) is 0 Å². The van der Waals surface area contributed by atoms with E-state index in [0.717, 1.165) is 103 Å². The summed E-state index contributed by atoms with van der Waals surface area (Å²) in [6.07, 6.45) is 46.5. The predicted molar refractivity (Wildman–Crippen MR) is 203 cm³/mol. The van der Waals surface area contributed by atoms with Crippen molar-refractivity contribution in [3.8, 4) is 0 Å². The van der Waals surface area contributed by atoms with E-state index in [1.807, 2.05) is 0 Å². The van der Waals surface area contributed by atoms with Gasteiger partial charge in [-0.2, -0.15) is 0 Å². The molecular weight excluding hydrogens is 598 g/mol. The molecule has 0 aromatic rings. The minimum Gasteiger partial charge on any atom is -0.480 e. The molecule has 0 aliphatic rings. The zero-order valence-electron chi connectivity index (χ0n) is 31.1. The SMILES string of the molecule is CC/C=C\C/C=C\C/C=C\CCCCCCCC(=O)OC(CCC/C=C\CCCCCCCC)CCCCCCCC(=O)NCC(=O)O. The molecule has 6 heteroatoms. The van der Waals surface area contributed by atoms with Crippen LogP contribution in [-0.4, -0.2) is 35.6 Å². The molecule has 6 nitrogen and oxygen atoms in total. The maximum absolute atomic E-state index is 12.7. The van der Waals surface area contributed by atoms with Gasteiger partial charge in [0, 0.05) is 12.8 Å². The molecule has 276 valence electrons. The van der Waals surface area contributed by atoms with Gasteiger partial charge < -0.3 is 15.2 Å². The van der Waals surface area contributed by atoms with E-state index in [1.165, 1.54) is 57.8 Å². The Labute approximate surface area is 295 Å². The highest BCUT2D eigenvalue weighted by molar-refractivity contribution is 5.80. The molecule has 0 spiro atoms. The lowest BCUT2D eigenvalue weighted by molar-refractivity contribution is -0.150. The number of unbranched alkanes of at least 4 members (excludes halogenated alkanes) is 16. The fourth-order valence-corrected chi connectivity index (χ4v) is 5.59. The molecule has 0 radical (unpaired) electrons. The molecule has 0 bridgehead atoms. The average Bonchev–Trinajstić information content (AvgIpc) is 3.07. The van der Waals surface area contributed by atoms with E-state index >= 15 is 0 Å². The van der Waals surface area contributed by atoms with Crippen molar-refractivity contribution in [3.63, 3.8) is 0 Å². The quantitative estimate of drug-likeness (QED) is 0.0397. The molecule has 0 saturated heterocycles. The number of hydrogen-bond donors (Lipinski definition) is 2. The Morgan fingerprint density at radius 3 is 1.67 bits per heavy atom. The largest absolute Gasteiger partial charge is 0.480 e. The lowest BCUT2D eigenvalue weighted by atomic mass is 10.0. The summed E-state index contributed by atoms with van der Waals surface area (Å²) in [4.78, 5) is 34.9. The van der Waals surface area contributed by atoms with Crippen LogP contribution in [0.1, 0.15) is 187 Å². The summed E-state index contributed by atoms with van der Waals surface area (Å²) in [6.45, 7) is 4.09. The summed E-state index contributed by atoms with van der Waals surface area (Å²) >= 11 is 0. The molecule has 48 heavy (non-hydrogen) atoms. The van der Waals surface area contributed by atoms with Gasteiger partial charge in [-0.3, -0.25) is 14.4 Å². The van der Waals surface area contributed by atoms with Crippen molar-refractivity contribution in [2.24, 2.45) is 0 Å². The lowest BCUT2D eigenvalue weighted by Crippen LogP contribution is -2.28. The molecule has 0 aromatic heterocycles. The highest BCUT2D eigenvalue weighted by Gasteiger charge is 2.14. The van der Waals surface area contributed by atoms with Crippen molar-refractivity contribution >= 4 is 17.8 Å². The number of carboxylic acid groups (broad SMARTS) is 1. The number of hydrogen-bond acceptors (Lipinski definition) is 4. The maximum atomic E-state index is 12.7. The zero-order valence-corrected chi connectivity index (χ0v) is 31.1. The third kappa shape index (κ3) is 36.2. The summed E-state index contributed by atoms with van der Waals surface area (Å²) in [6, 6.07) is 0. The normalized spacial score (nSPS) is 12.5. The number of carbonyl (C=O) groups excluding carboxylic acids is 2. The van der Waals surface area contributed by atoms with Crippen LogP contribution in [0.15, 0.2) is 48.6 Å². The fraction of sp³-hybridized carbons (Fsp3) is 0.738. The number of ether oxygens (including phenoxy) is 1. The second-order valence-corrected chi connectivity index (χ2v) is 13.1. The summed E-state index contributed by atoms with van der Waals surface area (Å²) in [5.74, 6) is -1.27. The Balaban J connectivity index is 4.24. The van der Waals surface area contributed by atoms with Crippen molar-refractivity contribution in [2.45, 2.75) is 193 Å². The third-order valence-electron chi connectivity index (χ3n) is 8.48. The Hall–Kier alpha value is -2.63. The maximum Gasteiger partial charge on any atom is 0.322 e. The van der Waals surface area contributed by atoms with Gasteiger partial charge in [0.05, 0.1) is 0 Å². The second kappa shape index (κ2) is 37.2.